The van der Waals surface area contributed by atoms with Crippen LogP contribution in [0.15, 0.2) is 16.8 Å². The van der Waals surface area contributed by atoms with E-state index in [1.165, 1.54) is 6.92 Å². The van der Waals surface area contributed by atoms with Crippen LogP contribution in [0.25, 0.3) is 0 Å². The van der Waals surface area contributed by atoms with Crippen molar-refractivity contribution >= 4 is 17.8 Å². The van der Waals surface area contributed by atoms with Crippen LogP contribution in [0.2, 0.25) is 0 Å². The molecule has 0 radical (unpaired) electrons. The molecule has 0 aromatic rings. The van der Waals surface area contributed by atoms with Crippen molar-refractivity contribution in [3.63, 3.8) is 0 Å². The van der Waals surface area contributed by atoms with Crippen LogP contribution in [0.5, 0.6) is 0 Å². The molecule has 5 atom stereocenters. The minimum atomic E-state index is -1.70. The first-order chi connectivity index (χ1) is 10.7. The largest absolute Gasteiger partial charge is 0.478 e. The van der Waals surface area contributed by atoms with E-state index in [1.807, 2.05) is 0 Å². The Morgan fingerprint density at radius 2 is 2.04 bits per heavy atom. The van der Waals surface area contributed by atoms with Crippen molar-refractivity contribution in [2.45, 2.75) is 37.3 Å². The van der Waals surface area contributed by atoms with E-state index in [2.05, 4.69) is 10.3 Å². The highest BCUT2D eigenvalue weighted by molar-refractivity contribution is 5.85. The van der Waals surface area contributed by atoms with Gasteiger partial charge in [0.15, 0.2) is 5.96 Å². The standard InChI is InChI=1S/C12H20N4O7/c1-4(18)15-8-5(16-12(13)14)2-7(11(21)22)23-10(8)9(20)6(19)3-17/h2,5-6,8-10,17,19-20H,3H2,1H3,(H,15,18)(H,21,22)(H4,13,14,16)/t5-,6+,8-,9+,10+/m1/s1. The molecule has 1 aliphatic rings. The molecular formula is C12H20N4O7. The molecule has 0 bridgehead atoms. The number of aliphatic hydroxyl groups excluding tert-OH is 3. The fourth-order valence-electron chi connectivity index (χ4n) is 2.14. The maximum Gasteiger partial charge on any atom is 0.370 e. The highest BCUT2D eigenvalue weighted by atomic mass is 16.5. The highest BCUT2D eigenvalue weighted by Crippen LogP contribution is 2.24. The predicted molar refractivity (Wildman–Crippen MR) is 76.9 cm³/mol. The number of carbonyl (C=O) groups excluding carboxylic acids is 1. The number of nitrogens with one attached hydrogen (secondary N) is 1. The van der Waals surface area contributed by atoms with Crippen LogP contribution in [-0.4, -0.2) is 75.3 Å². The van der Waals surface area contributed by atoms with Crippen molar-refractivity contribution in [1.29, 1.82) is 0 Å². The Morgan fingerprint density at radius 3 is 2.48 bits per heavy atom. The second-order valence-electron chi connectivity index (χ2n) is 4.93. The van der Waals surface area contributed by atoms with Gasteiger partial charge in [-0.25, -0.2) is 9.79 Å². The van der Waals surface area contributed by atoms with Crippen molar-refractivity contribution in [1.82, 2.24) is 5.32 Å². The Hall–Kier alpha value is -2.37. The van der Waals surface area contributed by atoms with E-state index in [-0.39, 0.29) is 5.96 Å². The van der Waals surface area contributed by atoms with E-state index >= 15 is 0 Å². The van der Waals surface area contributed by atoms with E-state index in [0.29, 0.717) is 0 Å². The molecule has 1 heterocycles. The summed E-state index contributed by atoms with van der Waals surface area (Å²) in [5, 5.41) is 40.1. The molecule has 0 aromatic carbocycles. The molecule has 0 aliphatic carbocycles. The summed E-state index contributed by atoms with van der Waals surface area (Å²) in [6.45, 7) is 0.391. The summed E-state index contributed by atoms with van der Waals surface area (Å²) in [5.74, 6) is -2.89. The van der Waals surface area contributed by atoms with Crippen LogP contribution >= 0.6 is 0 Å². The third kappa shape index (κ3) is 4.81. The van der Waals surface area contributed by atoms with Crippen LogP contribution < -0.4 is 16.8 Å². The first kappa shape index (κ1) is 18.7. The zero-order valence-electron chi connectivity index (χ0n) is 12.3. The smallest absolute Gasteiger partial charge is 0.370 e. The van der Waals surface area contributed by atoms with Gasteiger partial charge in [-0.15, -0.1) is 0 Å². The van der Waals surface area contributed by atoms with Gasteiger partial charge in [-0.3, -0.25) is 4.79 Å². The van der Waals surface area contributed by atoms with Gasteiger partial charge in [0.2, 0.25) is 11.7 Å². The lowest BCUT2D eigenvalue weighted by Crippen LogP contribution is -2.59. The number of aliphatic hydroxyl groups is 3. The van der Waals surface area contributed by atoms with Crippen LogP contribution in [0.3, 0.4) is 0 Å². The Kier molecular flexibility index (Phi) is 6.30. The third-order valence-corrected chi connectivity index (χ3v) is 3.10. The van der Waals surface area contributed by atoms with Gasteiger partial charge in [0.05, 0.1) is 18.7 Å². The molecule has 130 valence electrons. The SMILES string of the molecule is CC(=O)N[C@H]1[C@@H]([C@@H](O)[C@@H](O)CO)OC(C(=O)O)=C[C@H]1N=C(N)N. The van der Waals surface area contributed by atoms with E-state index in [0.717, 1.165) is 6.08 Å². The average molecular weight is 332 g/mol. The summed E-state index contributed by atoms with van der Waals surface area (Å²) in [7, 11) is 0. The zero-order chi connectivity index (χ0) is 17.7. The quantitative estimate of drug-likeness (QED) is 0.188. The summed E-state index contributed by atoms with van der Waals surface area (Å²) >= 11 is 0. The fourth-order valence-corrected chi connectivity index (χ4v) is 2.14. The number of carbonyl (C=O) groups is 2. The van der Waals surface area contributed by atoms with Crippen LogP contribution in [0.4, 0.5) is 0 Å². The number of nitrogens with zero attached hydrogens (tertiary/aromatic N) is 1. The summed E-state index contributed by atoms with van der Waals surface area (Å²) in [5.41, 5.74) is 10.6. The minimum Gasteiger partial charge on any atom is -0.478 e. The molecule has 11 heteroatoms. The van der Waals surface area contributed by atoms with Gasteiger partial charge < -0.3 is 41.9 Å². The topological polar surface area (TPSA) is 201 Å². The molecule has 0 saturated heterocycles. The van der Waals surface area contributed by atoms with Crippen molar-refractivity contribution in [2.24, 2.45) is 16.5 Å². The number of nitrogens with two attached hydrogens (primary N) is 2. The first-order valence-electron chi connectivity index (χ1n) is 6.62. The number of hydrogen-bond acceptors (Lipinski definition) is 7. The first-order valence-corrected chi connectivity index (χ1v) is 6.62. The second kappa shape index (κ2) is 7.76. The molecule has 23 heavy (non-hydrogen) atoms. The predicted octanol–water partition coefficient (Wildman–Crippen LogP) is -3.79. The Morgan fingerprint density at radius 1 is 1.43 bits per heavy atom. The number of carboxylic acid groups (broad SMARTS) is 1. The van der Waals surface area contributed by atoms with Gasteiger partial charge in [0.25, 0.3) is 0 Å². The normalized spacial score (nSPS) is 26.3. The highest BCUT2D eigenvalue weighted by Gasteiger charge is 2.43. The number of aliphatic imine (C=N–C) groups is 1. The molecule has 0 saturated carbocycles. The van der Waals surface area contributed by atoms with Crippen molar-refractivity contribution in [3.05, 3.63) is 11.8 Å². The van der Waals surface area contributed by atoms with Gasteiger partial charge in [-0.2, -0.15) is 0 Å². The number of carboxylic acids is 1. The maximum absolute atomic E-state index is 11.4. The number of ether oxygens (including phenoxy) is 1. The number of guanidine groups is 1. The fraction of sp³-hybridized carbons (Fsp3) is 0.583. The number of hydrogen-bond donors (Lipinski definition) is 7. The third-order valence-electron chi connectivity index (χ3n) is 3.10. The second-order valence-corrected chi connectivity index (χ2v) is 4.93. The van der Waals surface area contributed by atoms with Gasteiger partial charge >= 0.3 is 5.97 Å². The van der Waals surface area contributed by atoms with Crippen LogP contribution in [0, 0.1) is 0 Å². The van der Waals surface area contributed by atoms with Crippen molar-refractivity contribution in [3.8, 4) is 0 Å². The van der Waals surface area contributed by atoms with E-state index in [9.17, 15) is 19.8 Å². The van der Waals surface area contributed by atoms with Gasteiger partial charge in [0.1, 0.15) is 18.3 Å². The lowest BCUT2D eigenvalue weighted by atomic mass is 9.92. The molecule has 0 unspecified atom stereocenters. The summed E-state index contributed by atoms with van der Waals surface area (Å²) in [6, 6.07) is -2.11. The summed E-state index contributed by atoms with van der Waals surface area (Å²) in [4.78, 5) is 26.3. The lowest BCUT2D eigenvalue weighted by Gasteiger charge is -2.38. The van der Waals surface area contributed by atoms with E-state index in [4.69, 9.17) is 26.4 Å². The Balaban J connectivity index is 3.28. The average Bonchev–Trinajstić information content (AvgIpc) is 2.45. The molecular weight excluding hydrogens is 312 g/mol. The summed E-state index contributed by atoms with van der Waals surface area (Å²) < 4.78 is 5.13. The molecule has 1 aliphatic heterocycles. The zero-order valence-corrected chi connectivity index (χ0v) is 12.3. The van der Waals surface area contributed by atoms with Gasteiger partial charge in [-0.1, -0.05) is 0 Å². The molecule has 1 rings (SSSR count). The lowest BCUT2D eigenvalue weighted by molar-refractivity contribution is -0.145. The maximum atomic E-state index is 11.4. The van der Waals surface area contributed by atoms with E-state index < -0.39 is 54.6 Å². The van der Waals surface area contributed by atoms with Crippen molar-refractivity contribution in [2.75, 3.05) is 6.61 Å². The van der Waals surface area contributed by atoms with Crippen molar-refractivity contribution < 1.29 is 34.8 Å². The van der Waals surface area contributed by atoms with Crippen LogP contribution in [-0.2, 0) is 14.3 Å². The minimum absolute atomic E-state index is 0.371. The van der Waals surface area contributed by atoms with Gasteiger partial charge in [-0.05, 0) is 6.08 Å². The number of amides is 1. The van der Waals surface area contributed by atoms with E-state index in [1.54, 1.807) is 0 Å². The number of aliphatic carboxylic acids is 1. The molecule has 0 fully saturated rings. The Bertz CT molecular complexity index is 518. The van der Waals surface area contributed by atoms with Crippen LogP contribution in [0.1, 0.15) is 6.92 Å². The molecule has 1 amide bonds. The Labute approximate surface area is 131 Å². The molecule has 0 aromatic heterocycles. The van der Waals surface area contributed by atoms with Gasteiger partial charge in [0, 0.05) is 6.92 Å². The monoisotopic (exact) mass is 332 g/mol. The molecule has 0 spiro atoms. The summed E-state index contributed by atoms with van der Waals surface area (Å²) in [6.07, 6.45) is -3.65. The molecule has 11 nitrogen and oxygen atoms in total. The number of rotatable bonds is 6. The molecule has 9 N–H and O–H groups in total.